The minimum absolute atomic E-state index is 0.0158. The molecule has 2 aromatic rings. The Balaban J connectivity index is 1.59. The Kier molecular flexibility index (Phi) is 10.6. The molecule has 2 aromatic carbocycles. The van der Waals surface area contributed by atoms with Gasteiger partial charge >= 0.3 is 18.2 Å². The molecule has 5 amide bonds. The SMILES string of the molecule is CC(=O)O[C@@H](C(=O)Nc1ccc(C#N)c(CN(C(=O)OC(C)(C)C)C(=O)OC(C)(C)C)c1)[C@H]1OCCN(c2ccc3c(c2)CNC3=O)C1=O. The Bertz CT molecular complexity index is 1690. The fourth-order valence-corrected chi connectivity index (χ4v) is 5.03. The second-order valence-electron chi connectivity index (χ2n) is 13.4. The number of nitrogens with zero attached hydrogens (tertiary/aromatic N) is 3. The molecule has 0 spiro atoms. The monoisotopic (exact) mass is 677 g/mol. The average Bonchev–Trinajstić information content (AvgIpc) is 3.36. The maximum absolute atomic E-state index is 13.7. The number of anilines is 2. The number of hydrogen-bond donors (Lipinski definition) is 2. The summed E-state index contributed by atoms with van der Waals surface area (Å²) >= 11 is 0. The van der Waals surface area contributed by atoms with Crippen LogP contribution in [0.2, 0.25) is 0 Å². The van der Waals surface area contributed by atoms with E-state index in [2.05, 4.69) is 10.6 Å². The number of rotatable bonds is 7. The fourth-order valence-electron chi connectivity index (χ4n) is 5.03. The van der Waals surface area contributed by atoms with Crippen molar-refractivity contribution < 1.29 is 47.7 Å². The van der Waals surface area contributed by atoms with Gasteiger partial charge in [-0.15, -0.1) is 0 Å². The maximum atomic E-state index is 13.7. The third kappa shape index (κ3) is 9.11. The lowest BCUT2D eigenvalue weighted by Crippen LogP contribution is -2.56. The van der Waals surface area contributed by atoms with Gasteiger partial charge in [0, 0.05) is 37.0 Å². The number of imide groups is 1. The summed E-state index contributed by atoms with van der Waals surface area (Å²) in [6, 6.07) is 11.0. The van der Waals surface area contributed by atoms with E-state index in [0.717, 1.165) is 6.92 Å². The Morgan fingerprint density at radius 2 is 1.69 bits per heavy atom. The summed E-state index contributed by atoms with van der Waals surface area (Å²) in [7, 11) is 0. The Morgan fingerprint density at radius 1 is 1.04 bits per heavy atom. The number of amides is 5. The van der Waals surface area contributed by atoms with Gasteiger partial charge in [0.2, 0.25) is 6.10 Å². The van der Waals surface area contributed by atoms with Crippen LogP contribution in [0.4, 0.5) is 21.0 Å². The van der Waals surface area contributed by atoms with Gasteiger partial charge in [0.1, 0.15) is 11.2 Å². The van der Waals surface area contributed by atoms with Crippen LogP contribution in [0.15, 0.2) is 36.4 Å². The molecular formula is C34H39N5O10. The highest BCUT2D eigenvalue weighted by Gasteiger charge is 2.43. The van der Waals surface area contributed by atoms with E-state index < -0.39 is 59.9 Å². The third-order valence-electron chi connectivity index (χ3n) is 7.08. The molecule has 0 saturated carbocycles. The van der Waals surface area contributed by atoms with E-state index >= 15 is 0 Å². The van der Waals surface area contributed by atoms with Crippen LogP contribution in [0.3, 0.4) is 0 Å². The van der Waals surface area contributed by atoms with Crippen LogP contribution in [0.5, 0.6) is 0 Å². The molecule has 2 N–H and O–H groups in total. The zero-order valence-corrected chi connectivity index (χ0v) is 28.4. The highest BCUT2D eigenvalue weighted by molar-refractivity contribution is 6.05. The number of carbonyl (C=O) groups excluding carboxylic acids is 6. The van der Waals surface area contributed by atoms with Gasteiger partial charge in [0.05, 0.1) is 24.8 Å². The minimum Gasteiger partial charge on any atom is -0.449 e. The van der Waals surface area contributed by atoms with E-state index in [-0.39, 0.29) is 35.9 Å². The molecule has 4 rings (SSSR count). The summed E-state index contributed by atoms with van der Waals surface area (Å²) in [4.78, 5) is 79.7. The molecule has 0 aliphatic carbocycles. The average molecular weight is 678 g/mol. The molecule has 2 atom stereocenters. The number of benzene rings is 2. The van der Waals surface area contributed by atoms with E-state index in [9.17, 15) is 34.0 Å². The third-order valence-corrected chi connectivity index (χ3v) is 7.08. The van der Waals surface area contributed by atoms with Crippen molar-refractivity contribution in [2.45, 2.75) is 85.0 Å². The van der Waals surface area contributed by atoms with Crippen molar-refractivity contribution in [1.82, 2.24) is 10.2 Å². The van der Waals surface area contributed by atoms with Crippen LogP contribution in [0.1, 0.15) is 75.5 Å². The van der Waals surface area contributed by atoms with Crippen LogP contribution in [0, 0.1) is 11.3 Å². The summed E-state index contributed by atoms with van der Waals surface area (Å²) in [6.45, 7) is 10.8. The standard InChI is InChI=1S/C34H39N5O10/c1-19(40)47-26(27-30(43)38(12-13-46-27)24-10-11-25-21(15-24)17-36-28(25)41)29(42)37-23-9-8-20(16-35)22(14-23)18-39(31(44)48-33(2,3)4)32(45)49-34(5,6)7/h8-11,14-15,26-27H,12-13,17-18H2,1-7H3,(H,36,41)(H,37,42)/t26-,27-/m1/s1. The Hall–Kier alpha value is -5.49. The summed E-state index contributed by atoms with van der Waals surface area (Å²) in [6.07, 6.45) is -5.26. The first-order chi connectivity index (χ1) is 22.9. The maximum Gasteiger partial charge on any atom is 0.420 e. The van der Waals surface area contributed by atoms with Crippen LogP contribution < -0.4 is 15.5 Å². The molecule has 260 valence electrons. The van der Waals surface area contributed by atoms with Crippen LogP contribution in [0.25, 0.3) is 0 Å². The van der Waals surface area contributed by atoms with Gasteiger partial charge in [-0.25, -0.2) is 14.5 Å². The number of hydrogen-bond acceptors (Lipinski definition) is 11. The van der Waals surface area contributed by atoms with E-state index in [4.69, 9.17) is 18.9 Å². The molecule has 1 fully saturated rings. The first kappa shape index (κ1) is 36.3. The largest absolute Gasteiger partial charge is 0.449 e. The quantitative estimate of drug-likeness (QED) is 0.320. The van der Waals surface area contributed by atoms with Crippen LogP contribution in [-0.2, 0) is 46.4 Å². The van der Waals surface area contributed by atoms with Gasteiger partial charge in [-0.1, -0.05) is 0 Å². The lowest BCUT2D eigenvalue weighted by Gasteiger charge is -2.35. The summed E-state index contributed by atoms with van der Waals surface area (Å²) in [5, 5.41) is 15.1. The topological polar surface area (TPSA) is 194 Å². The molecule has 2 heterocycles. The fraction of sp³-hybridized carbons (Fsp3) is 0.441. The van der Waals surface area contributed by atoms with Crippen molar-refractivity contribution in [2.75, 3.05) is 23.4 Å². The number of ether oxygens (including phenoxy) is 4. The van der Waals surface area contributed by atoms with Crippen molar-refractivity contribution in [3.8, 4) is 6.07 Å². The molecule has 49 heavy (non-hydrogen) atoms. The predicted octanol–water partition coefficient (Wildman–Crippen LogP) is 3.78. The molecule has 15 nitrogen and oxygen atoms in total. The van der Waals surface area contributed by atoms with Crippen molar-refractivity contribution in [3.63, 3.8) is 0 Å². The van der Waals surface area contributed by atoms with Gasteiger partial charge in [-0.2, -0.15) is 5.26 Å². The van der Waals surface area contributed by atoms with Crippen molar-refractivity contribution in [3.05, 3.63) is 58.7 Å². The summed E-state index contributed by atoms with van der Waals surface area (Å²) in [5.41, 5.74) is 0.110. The Morgan fingerprint density at radius 3 is 2.29 bits per heavy atom. The number of carbonyl (C=O) groups is 6. The molecule has 2 aliphatic rings. The first-order valence-electron chi connectivity index (χ1n) is 15.5. The molecular weight excluding hydrogens is 638 g/mol. The van der Waals surface area contributed by atoms with Crippen molar-refractivity contribution >= 4 is 47.3 Å². The molecule has 0 bridgehead atoms. The Labute approximate surface area is 283 Å². The lowest BCUT2D eigenvalue weighted by molar-refractivity contribution is -0.167. The van der Waals surface area contributed by atoms with Gasteiger partial charge in [-0.3, -0.25) is 19.2 Å². The molecule has 1 saturated heterocycles. The minimum atomic E-state index is -1.72. The van der Waals surface area contributed by atoms with Crippen LogP contribution in [-0.4, -0.2) is 77.3 Å². The number of morpholine rings is 1. The van der Waals surface area contributed by atoms with E-state index in [0.29, 0.717) is 28.3 Å². The normalized spacial score (nSPS) is 16.4. The highest BCUT2D eigenvalue weighted by atomic mass is 16.6. The van der Waals surface area contributed by atoms with Gasteiger partial charge in [-0.05, 0) is 89.1 Å². The smallest absolute Gasteiger partial charge is 0.420 e. The second-order valence-corrected chi connectivity index (χ2v) is 13.4. The van der Waals surface area contributed by atoms with E-state index in [1.54, 1.807) is 59.7 Å². The predicted molar refractivity (Wildman–Crippen MR) is 173 cm³/mol. The number of fused-ring (bicyclic) bond motifs is 1. The summed E-state index contributed by atoms with van der Waals surface area (Å²) < 4.78 is 21.8. The van der Waals surface area contributed by atoms with Gasteiger partial charge in [0.25, 0.3) is 17.7 Å². The van der Waals surface area contributed by atoms with Crippen molar-refractivity contribution in [2.24, 2.45) is 0 Å². The summed E-state index contributed by atoms with van der Waals surface area (Å²) in [5.74, 6) is -2.61. The van der Waals surface area contributed by atoms with Crippen molar-refractivity contribution in [1.29, 1.82) is 5.26 Å². The first-order valence-corrected chi connectivity index (χ1v) is 15.5. The molecule has 0 unspecified atom stereocenters. The van der Waals surface area contributed by atoms with Crippen LogP contribution >= 0.6 is 0 Å². The van der Waals surface area contributed by atoms with E-state index in [1.165, 1.54) is 23.1 Å². The molecule has 0 aromatic heterocycles. The zero-order valence-electron chi connectivity index (χ0n) is 28.4. The zero-order chi connectivity index (χ0) is 36.3. The molecule has 0 radical (unpaired) electrons. The molecule has 2 aliphatic heterocycles. The van der Waals surface area contributed by atoms with Gasteiger partial charge < -0.3 is 34.5 Å². The number of nitrogens with one attached hydrogen (secondary N) is 2. The highest BCUT2D eigenvalue weighted by Crippen LogP contribution is 2.27. The second kappa shape index (κ2) is 14.3. The van der Waals surface area contributed by atoms with E-state index in [1.807, 2.05) is 6.07 Å². The number of nitriles is 1. The lowest BCUT2D eigenvalue weighted by atomic mass is 10.1. The number of esters is 1. The van der Waals surface area contributed by atoms with Gasteiger partial charge in [0.15, 0.2) is 6.10 Å². The molecule has 15 heteroatoms.